The number of hydrogen-bond donors (Lipinski definition) is 0. The lowest BCUT2D eigenvalue weighted by atomic mass is 10.0. The maximum Gasteiger partial charge on any atom is 0.311 e. The molecule has 2 heterocycles. The van der Waals surface area contributed by atoms with Gasteiger partial charge in [-0.1, -0.05) is 0 Å². The molecule has 1 aromatic carbocycles. The van der Waals surface area contributed by atoms with Gasteiger partial charge in [0.15, 0.2) is 5.75 Å². The Morgan fingerprint density at radius 2 is 2.13 bits per heavy atom. The van der Waals surface area contributed by atoms with Crippen molar-refractivity contribution in [2.75, 3.05) is 31.6 Å². The van der Waals surface area contributed by atoms with Crippen LogP contribution >= 0.6 is 0 Å². The summed E-state index contributed by atoms with van der Waals surface area (Å²) in [5, 5.41) is 11.0. The zero-order chi connectivity index (χ0) is 16.4. The highest BCUT2D eigenvalue weighted by Gasteiger charge is 2.31. The predicted molar refractivity (Wildman–Crippen MR) is 85.8 cm³/mol. The van der Waals surface area contributed by atoms with Gasteiger partial charge in [0.25, 0.3) is 0 Å². The second kappa shape index (κ2) is 6.44. The smallest absolute Gasteiger partial charge is 0.311 e. The van der Waals surface area contributed by atoms with Crippen LogP contribution in [0.5, 0.6) is 5.75 Å². The second-order valence-electron chi connectivity index (χ2n) is 6.05. The Labute approximate surface area is 135 Å². The number of likely N-dealkylation sites (tertiary alicyclic amines) is 1. The zero-order valence-electron chi connectivity index (χ0n) is 13.2. The number of nitro benzene ring substituents is 1. The summed E-state index contributed by atoms with van der Waals surface area (Å²) in [4.78, 5) is 26.7. The van der Waals surface area contributed by atoms with E-state index in [1.165, 1.54) is 13.2 Å². The Hall–Kier alpha value is -2.31. The number of anilines is 1. The predicted octanol–water partition coefficient (Wildman–Crippen LogP) is 2.19. The van der Waals surface area contributed by atoms with Crippen LogP contribution in [0, 0.1) is 10.1 Å². The first kappa shape index (κ1) is 15.6. The number of benzene rings is 1. The van der Waals surface area contributed by atoms with Crippen LogP contribution in [-0.2, 0) is 4.79 Å². The molecule has 0 N–H and O–H groups in total. The van der Waals surface area contributed by atoms with Gasteiger partial charge in [-0.05, 0) is 25.3 Å². The summed E-state index contributed by atoms with van der Waals surface area (Å²) in [5.74, 6) is 0.519. The maximum absolute atomic E-state index is 11.9. The molecule has 1 unspecified atom stereocenters. The average Bonchev–Trinajstić information content (AvgIpc) is 3.00. The van der Waals surface area contributed by atoms with Crippen LogP contribution in [0.2, 0.25) is 0 Å². The highest BCUT2D eigenvalue weighted by atomic mass is 16.6. The molecule has 124 valence electrons. The summed E-state index contributed by atoms with van der Waals surface area (Å²) in [6.45, 7) is 2.51. The molecule has 2 fully saturated rings. The van der Waals surface area contributed by atoms with Gasteiger partial charge < -0.3 is 14.5 Å². The lowest BCUT2D eigenvalue weighted by molar-refractivity contribution is -0.385. The summed E-state index contributed by atoms with van der Waals surface area (Å²) in [6, 6.07) is 5.19. The van der Waals surface area contributed by atoms with E-state index in [1.807, 2.05) is 4.90 Å². The van der Waals surface area contributed by atoms with Crippen LogP contribution in [0.25, 0.3) is 0 Å². The number of nitro groups is 1. The van der Waals surface area contributed by atoms with Gasteiger partial charge >= 0.3 is 5.69 Å². The molecule has 23 heavy (non-hydrogen) atoms. The maximum atomic E-state index is 11.9. The van der Waals surface area contributed by atoms with E-state index >= 15 is 0 Å². The molecule has 0 aromatic heterocycles. The Balaban J connectivity index is 1.78. The molecule has 2 aliphatic rings. The van der Waals surface area contributed by atoms with Crippen molar-refractivity contribution in [2.24, 2.45) is 0 Å². The number of carbonyl (C=O) groups excluding carboxylic acids is 1. The molecule has 2 aliphatic heterocycles. The molecular weight excluding hydrogens is 298 g/mol. The second-order valence-corrected chi connectivity index (χ2v) is 6.05. The summed E-state index contributed by atoms with van der Waals surface area (Å²) in [5.41, 5.74) is 0.878. The number of methoxy groups -OCH3 is 1. The van der Waals surface area contributed by atoms with Crippen molar-refractivity contribution in [1.82, 2.24) is 4.90 Å². The summed E-state index contributed by atoms with van der Waals surface area (Å²) in [7, 11) is 1.44. The van der Waals surface area contributed by atoms with Crippen molar-refractivity contribution in [1.29, 1.82) is 0 Å². The minimum Gasteiger partial charge on any atom is -0.490 e. The van der Waals surface area contributed by atoms with Crippen molar-refractivity contribution in [2.45, 2.75) is 31.7 Å². The lowest BCUT2D eigenvalue weighted by Gasteiger charge is -2.38. The average molecular weight is 319 g/mol. The first-order valence-electron chi connectivity index (χ1n) is 7.97. The molecule has 0 radical (unpaired) electrons. The molecule has 7 nitrogen and oxygen atoms in total. The zero-order valence-corrected chi connectivity index (χ0v) is 13.2. The molecule has 2 saturated heterocycles. The third-order valence-corrected chi connectivity index (χ3v) is 4.67. The van der Waals surface area contributed by atoms with E-state index in [0.717, 1.165) is 44.6 Å². The van der Waals surface area contributed by atoms with Gasteiger partial charge in [-0.15, -0.1) is 0 Å². The van der Waals surface area contributed by atoms with Gasteiger partial charge in [-0.2, -0.15) is 0 Å². The summed E-state index contributed by atoms with van der Waals surface area (Å²) >= 11 is 0. The standard InChI is InChI=1S/C16H21N3O4/c1-23-15-10-12(6-7-14(15)19(21)22)17-8-2-4-13(11-17)18-9-3-5-16(18)20/h6-7,10,13H,2-5,8-9,11H2,1H3. The van der Waals surface area contributed by atoms with E-state index in [1.54, 1.807) is 12.1 Å². The van der Waals surface area contributed by atoms with Crippen molar-refractivity contribution in [3.63, 3.8) is 0 Å². The fourth-order valence-corrected chi connectivity index (χ4v) is 3.51. The van der Waals surface area contributed by atoms with E-state index in [0.29, 0.717) is 6.42 Å². The first-order valence-corrected chi connectivity index (χ1v) is 7.97. The largest absolute Gasteiger partial charge is 0.490 e. The topological polar surface area (TPSA) is 75.9 Å². The number of amides is 1. The Bertz CT molecular complexity index is 619. The van der Waals surface area contributed by atoms with Gasteiger partial charge in [-0.25, -0.2) is 0 Å². The van der Waals surface area contributed by atoms with Crippen LogP contribution in [0.1, 0.15) is 25.7 Å². The highest BCUT2D eigenvalue weighted by Crippen LogP contribution is 2.33. The Morgan fingerprint density at radius 3 is 2.78 bits per heavy atom. The van der Waals surface area contributed by atoms with Crippen molar-refractivity contribution in [3.8, 4) is 5.75 Å². The van der Waals surface area contributed by atoms with E-state index < -0.39 is 4.92 Å². The van der Waals surface area contributed by atoms with Crippen molar-refractivity contribution in [3.05, 3.63) is 28.3 Å². The summed E-state index contributed by atoms with van der Waals surface area (Å²) in [6.07, 6.45) is 3.63. The van der Waals surface area contributed by atoms with Crippen LogP contribution in [0.3, 0.4) is 0 Å². The van der Waals surface area contributed by atoms with E-state index in [4.69, 9.17) is 4.74 Å². The quantitative estimate of drug-likeness (QED) is 0.628. The molecule has 0 bridgehead atoms. The SMILES string of the molecule is COc1cc(N2CCCC(N3CCCC3=O)C2)ccc1[N+](=O)[O-]. The molecule has 0 aliphatic carbocycles. The molecule has 1 atom stereocenters. The number of nitrogens with zero attached hydrogens (tertiary/aromatic N) is 3. The number of carbonyl (C=O) groups is 1. The number of ether oxygens (including phenoxy) is 1. The number of rotatable bonds is 4. The third-order valence-electron chi connectivity index (χ3n) is 4.67. The van der Waals surface area contributed by atoms with Gasteiger partial charge in [0.05, 0.1) is 12.0 Å². The molecule has 0 saturated carbocycles. The van der Waals surface area contributed by atoms with Gasteiger partial charge in [-0.3, -0.25) is 14.9 Å². The molecule has 1 aromatic rings. The fraction of sp³-hybridized carbons (Fsp3) is 0.562. The van der Waals surface area contributed by atoms with Crippen LogP contribution in [0.15, 0.2) is 18.2 Å². The Kier molecular flexibility index (Phi) is 4.36. The molecular formula is C16H21N3O4. The van der Waals surface area contributed by atoms with E-state index in [9.17, 15) is 14.9 Å². The monoisotopic (exact) mass is 319 g/mol. The highest BCUT2D eigenvalue weighted by molar-refractivity contribution is 5.78. The van der Waals surface area contributed by atoms with Crippen molar-refractivity contribution >= 4 is 17.3 Å². The van der Waals surface area contributed by atoms with Gasteiger partial charge in [0.1, 0.15) is 0 Å². The van der Waals surface area contributed by atoms with E-state index in [-0.39, 0.29) is 23.4 Å². The van der Waals surface area contributed by atoms with Crippen LogP contribution in [0.4, 0.5) is 11.4 Å². The van der Waals surface area contributed by atoms with Crippen LogP contribution < -0.4 is 9.64 Å². The molecule has 1 amide bonds. The minimum atomic E-state index is -0.440. The normalized spacial score (nSPS) is 21.6. The molecule has 3 rings (SSSR count). The van der Waals surface area contributed by atoms with Crippen molar-refractivity contribution < 1.29 is 14.5 Å². The molecule has 7 heteroatoms. The number of hydrogen-bond acceptors (Lipinski definition) is 5. The minimum absolute atomic E-state index is 0.0282. The Morgan fingerprint density at radius 1 is 1.30 bits per heavy atom. The van der Waals surface area contributed by atoms with Crippen LogP contribution in [-0.4, -0.2) is 48.5 Å². The van der Waals surface area contributed by atoms with E-state index in [2.05, 4.69) is 4.90 Å². The summed E-state index contributed by atoms with van der Waals surface area (Å²) < 4.78 is 5.15. The molecule has 0 spiro atoms. The fourth-order valence-electron chi connectivity index (χ4n) is 3.51. The first-order chi connectivity index (χ1) is 11.1. The van der Waals surface area contributed by atoms with Gasteiger partial charge in [0, 0.05) is 49.9 Å². The third kappa shape index (κ3) is 3.09. The van der Waals surface area contributed by atoms with Gasteiger partial charge in [0.2, 0.25) is 5.91 Å². The lowest BCUT2D eigenvalue weighted by Crippen LogP contribution is -2.48. The number of piperidine rings is 1.